The fourth-order valence-electron chi connectivity index (χ4n) is 1.65. The Labute approximate surface area is 119 Å². The van der Waals surface area contributed by atoms with Gasteiger partial charge in [0, 0.05) is 15.0 Å². The normalized spacial score (nSPS) is 11.7. The molecule has 1 aromatic carbocycles. The maximum atomic E-state index is 12.4. The van der Waals surface area contributed by atoms with E-state index in [9.17, 15) is 8.42 Å². The van der Waals surface area contributed by atoms with Gasteiger partial charge in [-0.1, -0.05) is 6.07 Å². The number of sulfone groups is 1. The van der Waals surface area contributed by atoms with E-state index in [0.29, 0.717) is 16.1 Å². The van der Waals surface area contributed by atoms with E-state index in [4.69, 9.17) is 5.73 Å². The molecule has 6 heteroatoms. The number of halogens is 1. The minimum Gasteiger partial charge on any atom is -0.398 e. The van der Waals surface area contributed by atoms with E-state index in [-0.39, 0.29) is 5.75 Å². The Morgan fingerprint density at radius 1 is 1.33 bits per heavy atom. The highest BCUT2D eigenvalue weighted by Crippen LogP contribution is 2.29. The predicted molar refractivity (Wildman–Crippen MR) is 78.5 cm³/mol. The average Bonchev–Trinajstić information content (AvgIpc) is 2.67. The molecule has 0 aliphatic carbocycles. The van der Waals surface area contributed by atoms with Crippen LogP contribution in [0.4, 0.5) is 5.69 Å². The second-order valence-corrected chi connectivity index (χ2v) is 7.73. The number of thiophene rings is 1. The molecular weight excluding hydrogens is 334 g/mol. The maximum absolute atomic E-state index is 12.4. The number of nitrogens with two attached hydrogens (primary N) is 1. The highest BCUT2D eigenvalue weighted by molar-refractivity contribution is 9.10. The summed E-state index contributed by atoms with van der Waals surface area (Å²) in [5.41, 5.74) is 6.87. The fraction of sp³-hybridized carbons (Fsp3) is 0.167. The van der Waals surface area contributed by atoms with Crippen molar-refractivity contribution in [3.63, 3.8) is 0 Å². The van der Waals surface area contributed by atoms with E-state index in [2.05, 4.69) is 15.9 Å². The van der Waals surface area contributed by atoms with Crippen LogP contribution < -0.4 is 5.73 Å². The Hall–Kier alpha value is -0.850. The van der Waals surface area contributed by atoms with Crippen molar-refractivity contribution in [1.82, 2.24) is 0 Å². The third-order valence-corrected chi connectivity index (χ3v) is 6.56. The van der Waals surface area contributed by atoms with Crippen molar-refractivity contribution in [2.45, 2.75) is 17.6 Å². The van der Waals surface area contributed by atoms with Crippen LogP contribution in [0.5, 0.6) is 0 Å². The summed E-state index contributed by atoms with van der Waals surface area (Å²) < 4.78 is 25.5. The lowest BCUT2D eigenvalue weighted by Crippen LogP contribution is -2.07. The van der Waals surface area contributed by atoms with Gasteiger partial charge in [-0.25, -0.2) is 8.42 Å². The number of rotatable bonds is 3. The van der Waals surface area contributed by atoms with Crippen molar-refractivity contribution in [3.8, 4) is 0 Å². The molecule has 0 saturated heterocycles. The van der Waals surface area contributed by atoms with Gasteiger partial charge in [-0.3, -0.25) is 0 Å². The number of hydrogen-bond acceptors (Lipinski definition) is 4. The average molecular weight is 346 g/mol. The molecule has 0 spiro atoms. The summed E-state index contributed by atoms with van der Waals surface area (Å²) in [7, 11) is -3.36. The van der Waals surface area contributed by atoms with Crippen LogP contribution in [0.25, 0.3) is 0 Å². The third kappa shape index (κ3) is 2.60. The highest BCUT2D eigenvalue weighted by Gasteiger charge is 2.20. The summed E-state index contributed by atoms with van der Waals surface area (Å²) >= 11 is 4.77. The molecule has 96 valence electrons. The molecule has 2 aromatic rings. The van der Waals surface area contributed by atoms with Crippen LogP contribution >= 0.6 is 27.3 Å². The highest BCUT2D eigenvalue weighted by atomic mass is 79.9. The molecule has 0 radical (unpaired) electrons. The maximum Gasteiger partial charge on any atom is 0.183 e. The van der Waals surface area contributed by atoms with Gasteiger partial charge in [-0.15, -0.1) is 11.3 Å². The zero-order valence-electron chi connectivity index (χ0n) is 9.68. The lowest BCUT2D eigenvalue weighted by molar-refractivity contribution is 0.595. The van der Waals surface area contributed by atoms with Crippen LogP contribution in [0.15, 0.2) is 39.0 Å². The molecule has 18 heavy (non-hydrogen) atoms. The molecule has 0 aliphatic heterocycles. The summed E-state index contributed by atoms with van der Waals surface area (Å²) in [5.74, 6) is -0.00442. The summed E-state index contributed by atoms with van der Waals surface area (Å²) in [6.45, 7) is 1.73. The van der Waals surface area contributed by atoms with E-state index >= 15 is 0 Å². The Morgan fingerprint density at radius 3 is 2.67 bits per heavy atom. The number of nitrogen functional groups attached to an aromatic ring is 1. The van der Waals surface area contributed by atoms with Crippen LogP contribution in [-0.2, 0) is 15.6 Å². The van der Waals surface area contributed by atoms with Gasteiger partial charge in [-0.05, 0) is 52.0 Å². The number of anilines is 1. The van der Waals surface area contributed by atoms with Gasteiger partial charge in [0.25, 0.3) is 0 Å². The topological polar surface area (TPSA) is 60.2 Å². The second kappa shape index (κ2) is 5.03. The standard InChI is InChI=1S/C12H12BrNO2S2/c1-8-10(14)3-2-4-12(8)18(15,16)7-11-9(13)5-6-17-11/h2-6H,7,14H2,1H3. The van der Waals surface area contributed by atoms with Gasteiger partial charge >= 0.3 is 0 Å². The summed E-state index contributed by atoms with van der Waals surface area (Å²) in [6, 6.07) is 6.82. The van der Waals surface area contributed by atoms with Gasteiger partial charge in [0.2, 0.25) is 0 Å². The summed E-state index contributed by atoms with van der Waals surface area (Å²) in [4.78, 5) is 1.11. The molecule has 2 rings (SSSR count). The molecule has 0 atom stereocenters. The van der Waals surface area contributed by atoms with E-state index < -0.39 is 9.84 Å². The third-order valence-electron chi connectivity index (χ3n) is 2.67. The molecule has 1 aromatic heterocycles. The Kier molecular flexibility index (Phi) is 3.79. The molecule has 0 saturated carbocycles. The van der Waals surface area contributed by atoms with Gasteiger partial charge in [-0.2, -0.15) is 0 Å². The van der Waals surface area contributed by atoms with Crippen molar-refractivity contribution in [1.29, 1.82) is 0 Å². The van der Waals surface area contributed by atoms with E-state index in [1.165, 1.54) is 11.3 Å². The zero-order valence-corrected chi connectivity index (χ0v) is 12.9. The SMILES string of the molecule is Cc1c(N)cccc1S(=O)(=O)Cc1sccc1Br. The van der Waals surface area contributed by atoms with E-state index in [1.54, 1.807) is 25.1 Å². The van der Waals surface area contributed by atoms with Gasteiger partial charge in [0.05, 0.1) is 10.6 Å². The predicted octanol–water partition coefficient (Wildman–Crippen LogP) is 3.38. The van der Waals surface area contributed by atoms with Crippen LogP contribution in [0.3, 0.4) is 0 Å². The summed E-state index contributed by atoms with van der Waals surface area (Å²) in [6.07, 6.45) is 0. The van der Waals surface area contributed by atoms with Crippen LogP contribution in [-0.4, -0.2) is 8.42 Å². The number of benzene rings is 1. The van der Waals surface area contributed by atoms with Crippen LogP contribution in [0.1, 0.15) is 10.4 Å². The minimum absolute atomic E-state index is 0.00442. The quantitative estimate of drug-likeness (QED) is 0.867. The Morgan fingerprint density at radius 2 is 2.06 bits per heavy atom. The van der Waals surface area contributed by atoms with Crippen LogP contribution in [0, 0.1) is 6.92 Å². The number of hydrogen-bond donors (Lipinski definition) is 1. The van der Waals surface area contributed by atoms with Gasteiger partial charge in [0.15, 0.2) is 9.84 Å². The lowest BCUT2D eigenvalue weighted by atomic mass is 10.2. The fourth-order valence-corrected chi connectivity index (χ4v) is 5.37. The first-order chi connectivity index (χ1) is 8.42. The summed E-state index contributed by atoms with van der Waals surface area (Å²) in [5, 5.41) is 1.86. The monoisotopic (exact) mass is 345 g/mol. The first kappa shape index (κ1) is 13.6. The minimum atomic E-state index is -3.36. The zero-order chi connectivity index (χ0) is 13.3. The molecule has 0 aliphatic rings. The molecule has 0 amide bonds. The largest absolute Gasteiger partial charge is 0.398 e. The second-order valence-electron chi connectivity index (χ2n) is 3.92. The molecular formula is C12H12BrNO2S2. The smallest absolute Gasteiger partial charge is 0.183 e. The first-order valence-electron chi connectivity index (χ1n) is 5.21. The van der Waals surface area contributed by atoms with E-state index in [0.717, 1.165) is 9.35 Å². The van der Waals surface area contributed by atoms with Crippen molar-refractivity contribution >= 4 is 42.8 Å². The van der Waals surface area contributed by atoms with Crippen molar-refractivity contribution in [2.75, 3.05) is 5.73 Å². The molecule has 0 fully saturated rings. The van der Waals surface area contributed by atoms with Crippen LogP contribution in [0.2, 0.25) is 0 Å². The first-order valence-corrected chi connectivity index (χ1v) is 8.54. The molecule has 2 N–H and O–H groups in total. The van der Waals surface area contributed by atoms with Crippen molar-refractivity contribution in [3.05, 3.63) is 44.6 Å². The van der Waals surface area contributed by atoms with Crippen molar-refractivity contribution < 1.29 is 8.42 Å². The lowest BCUT2D eigenvalue weighted by Gasteiger charge is -2.09. The molecule has 0 unspecified atom stereocenters. The Balaban J connectivity index is 2.43. The molecule has 0 bridgehead atoms. The van der Waals surface area contributed by atoms with Gasteiger partial charge < -0.3 is 5.73 Å². The van der Waals surface area contributed by atoms with Gasteiger partial charge in [0.1, 0.15) is 0 Å². The molecule has 1 heterocycles. The van der Waals surface area contributed by atoms with Crippen molar-refractivity contribution in [2.24, 2.45) is 0 Å². The Bertz CT molecular complexity index is 677. The molecule has 3 nitrogen and oxygen atoms in total. The van der Waals surface area contributed by atoms with E-state index in [1.807, 2.05) is 11.4 Å².